The molecule has 0 spiro atoms. The van der Waals surface area contributed by atoms with Gasteiger partial charge in [0.05, 0.1) is 12.1 Å². The highest BCUT2D eigenvalue weighted by molar-refractivity contribution is 8.38. The summed E-state index contributed by atoms with van der Waals surface area (Å²) in [5.74, 6) is 0.323. The molecular formula is C18H23N3O4S2. The van der Waals surface area contributed by atoms with E-state index in [1.807, 2.05) is 26.0 Å². The average Bonchev–Trinajstić information content (AvgIpc) is 3.18. The van der Waals surface area contributed by atoms with E-state index in [1.54, 1.807) is 35.7 Å². The van der Waals surface area contributed by atoms with Crippen LogP contribution in [0.15, 0.2) is 29.3 Å². The van der Waals surface area contributed by atoms with E-state index in [2.05, 4.69) is 15.6 Å². The third-order valence-electron chi connectivity index (χ3n) is 3.72. The first kappa shape index (κ1) is 21.3. The molecule has 27 heavy (non-hydrogen) atoms. The maximum absolute atomic E-state index is 12.3. The Bertz CT molecular complexity index is 724. The Morgan fingerprint density at radius 1 is 1.33 bits per heavy atom. The second kappa shape index (κ2) is 11.0. The van der Waals surface area contributed by atoms with Crippen molar-refractivity contribution in [3.05, 3.63) is 35.4 Å². The van der Waals surface area contributed by atoms with Crippen molar-refractivity contribution < 1.29 is 19.1 Å². The summed E-state index contributed by atoms with van der Waals surface area (Å²) >= 11 is 3.29. The van der Waals surface area contributed by atoms with E-state index in [4.69, 9.17) is 4.74 Å². The monoisotopic (exact) mass is 409 g/mol. The number of esters is 1. The van der Waals surface area contributed by atoms with Gasteiger partial charge in [-0.1, -0.05) is 48.6 Å². The van der Waals surface area contributed by atoms with E-state index in [9.17, 15) is 14.4 Å². The maximum atomic E-state index is 12.3. The highest BCUT2D eigenvalue weighted by atomic mass is 32.2. The first-order chi connectivity index (χ1) is 13.0. The van der Waals surface area contributed by atoms with Crippen LogP contribution in [-0.4, -0.2) is 47.2 Å². The summed E-state index contributed by atoms with van der Waals surface area (Å²) in [7, 11) is 0. The second-order valence-corrected chi connectivity index (χ2v) is 8.16. The minimum absolute atomic E-state index is 0.0487. The summed E-state index contributed by atoms with van der Waals surface area (Å²) in [6, 6.07) is 6.46. The summed E-state index contributed by atoms with van der Waals surface area (Å²) in [6.45, 7) is 4.06. The summed E-state index contributed by atoms with van der Waals surface area (Å²) in [5, 5.41) is 4.75. The van der Waals surface area contributed by atoms with Crippen molar-refractivity contribution in [3.8, 4) is 0 Å². The van der Waals surface area contributed by atoms with Crippen molar-refractivity contribution in [2.75, 3.05) is 18.9 Å². The molecule has 1 aliphatic heterocycles. The predicted octanol–water partition coefficient (Wildman–Crippen LogP) is 2.80. The molecule has 1 aliphatic rings. The van der Waals surface area contributed by atoms with Crippen molar-refractivity contribution in [1.82, 2.24) is 10.6 Å². The highest BCUT2D eigenvalue weighted by Gasteiger charge is 2.17. The lowest BCUT2D eigenvalue weighted by molar-refractivity contribution is -0.123. The van der Waals surface area contributed by atoms with E-state index in [1.165, 1.54) is 0 Å². The van der Waals surface area contributed by atoms with Crippen molar-refractivity contribution >= 4 is 45.8 Å². The fourth-order valence-corrected chi connectivity index (χ4v) is 4.13. The van der Waals surface area contributed by atoms with E-state index in [-0.39, 0.29) is 6.04 Å². The largest absolute Gasteiger partial charge is 0.452 e. The van der Waals surface area contributed by atoms with Crippen LogP contribution in [0.2, 0.25) is 0 Å². The molecule has 0 aliphatic carbocycles. The molecule has 0 unspecified atom stereocenters. The average molecular weight is 410 g/mol. The number of hydrogen-bond acceptors (Lipinski definition) is 7. The molecule has 0 radical (unpaired) electrons. The van der Waals surface area contributed by atoms with Crippen molar-refractivity contribution in [1.29, 1.82) is 0 Å². The zero-order chi connectivity index (χ0) is 19.6. The molecule has 1 aromatic rings. The molecule has 0 fully saturated rings. The molecule has 146 valence electrons. The number of benzene rings is 1. The van der Waals surface area contributed by atoms with Gasteiger partial charge in [-0.3, -0.25) is 15.1 Å². The van der Waals surface area contributed by atoms with Gasteiger partial charge < -0.3 is 10.1 Å². The molecule has 1 aromatic carbocycles. The fraction of sp³-hybridized carbons (Fsp3) is 0.444. The number of thioether (sulfide) groups is 2. The maximum Gasteiger partial charge on any atom is 0.338 e. The summed E-state index contributed by atoms with van der Waals surface area (Å²) < 4.78 is 6.08. The van der Waals surface area contributed by atoms with Gasteiger partial charge in [0.15, 0.2) is 6.61 Å². The Kier molecular flexibility index (Phi) is 8.66. The second-order valence-electron chi connectivity index (χ2n) is 5.85. The number of ether oxygens (including phenoxy) is 1. The Morgan fingerprint density at radius 3 is 2.81 bits per heavy atom. The molecule has 1 atom stereocenters. The van der Waals surface area contributed by atoms with E-state index in [0.29, 0.717) is 11.3 Å². The van der Waals surface area contributed by atoms with Crippen LogP contribution >= 0.6 is 23.5 Å². The highest BCUT2D eigenvalue weighted by Crippen LogP contribution is 2.26. The number of carbonyl (C=O) groups is 3. The Morgan fingerprint density at radius 2 is 2.11 bits per heavy atom. The standard InChI is InChI=1S/C18H23N3O4S2/c1-3-12(2)20-17(24)21-15(22)10-25-16(23)14-7-5-4-6-13(14)11-27-18-19-8-9-26-18/h4-7,12H,3,8-11H2,1-2H3,(H2,20,21,22,24)/t12-/m0/s1. The van der Waals surface area contributed by atoms with Crippen LogP contribution in [0.3, 0.4) is 0 Å². The summed E-state index contributed by atoms with van der Waals surface area (Å²) in [4.78, 5) is 40.1. The van der Waals surface area contributed by atoms with Gasteiger partial charge >= 0.3 is 12.0 Å². The molecule has 7 nitrogen and oxygen atoms in total. The molecule has 9 heteroatoms. The molecular weight excluding hydrogens is 386 g/mol. The quantitative estimate of drug-likeness (QED) is 0.672. The van der Waals surface area contributed by atoms with Gasteiger partial charge in [0.25, 0.3) is 5.91 Å². The lowest BCUT2D eigenvalue weighted by Crippen LogP contribution is -2.44. The number of rotatable bonds is 7. The van der Waals surface area contributed by atoms with Gasteiger partial charge in [-0.25, -0.2) is 9.59 Å². The third kappa shape index (κ3) is 7.26. The van der Waals surface area contributed by atoms with Crippen LogP contribution in [0, 0.1) is 0 Å². The number of carbonyl (C=O) groups excluding carboxylic acids is 3. The number of nitrogens with zero attached hydrogens (tertiary/aromatic N) is 1. The van der Waals surface area contributed by atoms with E-state index < -0.39 is 24.5 Å². The van der Waals surface area contributed by atoms with Gasteiger partial charge in [0, 0.05) is 17.5 Å². The van der Waals surface area contributed by atoms with Gasteiger partial charge in [-0.15, -0.1) is 0 Å². The van der Waals surface area contributed by atoms with Crippen LogP contribution in [-0.2, 0) is 15.3 Å². The number of urea groups is 1. The number of aliphatic imine (C=N–C) groups is 1. The molecule has 2 N–H and O–H groups in total. The summed E-state index contributed by atoms with van der Waals surface area (Å²) in [5.41, 5.74) is 1.23. The first-order valence-electron chi connectivity index (χ1n) is 8.65. The molecule has 0 aromatic heterocycles. The van der Waals surface area contributed by atoms with E-state index in [0.717, 1.165) is 28.7 Å². The smallest absolute Gasteiger partial charge is 0.338 e. The lowest BCUT2D eigenvalue weighted by Gasteiger charge is -2.12. The molecule has 0 saturated heterocycles. The van der Waals surface area contributed by atoms with Crippen molar-refractivity contribution in [2.45, 2.75) is 32.1 Å². The molecule has 0 bridgehead atoms. The van der Waals surface area contributed by atoms with Crippen LogP contribution in [0.4, 0.5) is 4.79 Å². The minimum Gasteiger partial charge on any atom is -0.452 e. The van der Waals surface area contributed by atoms with E-state index >= 15 is 0 Å². The number of amides is 3. The Labute approximate surface area is 167 Å². The SMILES string of the molecule is CC[C@H](C)NC(=O)NC(=O)COC(=O)c1ccccc1CSC1=NCCS1. The predicted molar refractivity (Wildman–Crippen MR) is 109 cm³/mol. The molecule has 3 amide bonds. The van der Waals surface area contributed by atoms with Crippen molar-refractivity contribution in [2.24, 2.45) is 4.99 Å². The number of hydrogen-bond donors (Lipinski definition) is 2. The Balaban J connectivity index is 1.84. The first-order valence-corrected chi connectivity index (χ1v) is 10.6. The topological polar surface area (TPSA) is 96.9 Å². The van der Waals surface area contributed by atoms with Crippen LogP contribution in [0.1, 0.15) is 36.2 Å². The normalized spacial score (nSPS) is 14.2. The fourth-order valence-electron chi connectivity index (χ4n) is 2.12. The van der Waals surface area contributed by atoms with Crippen LogP contribution in [0.25, 0.3) is 0 Å². The molecule has 2 rings (SSSR count). The minimum atomic E-state index is -0.673. The van der Waals surface area contributed by atoms with Gasteiger partial charge in [0.1, 0.15) is 4.38 Å². The Hall–Kier alpha value is -2.00. The number of nitrogens with one attached hydrogen (secondary N) is 2. The van der Waals surface area contributed by atoms with Crippen LogP contribution < -0.4 is 10.6 Å². The number of imide groups is 1. The lowest BCUT2D eigenvalue weighted by atomic mass is 10.1. The zero-order valence-corrected chi connectivity index (χ0v) is 17.0. The van der Waals surface area contributed by atoms with Gasteiger partial charge in [0.2, 0.25) is 0 Å². The molecule has 1 heterocycles. The molecule has 0 saturated carbocycles. The van der Waals surface area contributed by atoms with Gasteiger partial charge in [-0.05, 0) is 25.0 Å². The van der Waals surface area contributed by atoms with Crippen molar-refractivity contribution in [3.63, 3.8) is 0 Å². The summed E-state index contributed by atoms with van der Waals surface area (Å²) in [6.07, 6.45) is 0.746. The zero-order valence-electron chi connectivity index (χ0n) is 15.3. The van der Waals surface area contributed by atoms with Gasteiger partial charge in [-0.2, -0.15) is 0 Å². The third-order valence-corrected chi connectivity index (χ3v) is 6.02. The van der Waals surface area contributed by atoms with Crippen LogP contribution in [0.5, 0.6) is 0 Å².